The monoisotopic (exact) mass is 402 g/mol. The molecule has 0 aromatic heterocycles. The van der Waals surface area contributed by atoms with Crippen LogP contribution < -0.4 is 4.74 Å². The maximum Gasteiger partial charge on any atom is 0.165 e. The molecule has 3 aromatic carbocycles. The average Bonchev–Trinajstić information content (AvgIpc) is 2.76. The van der Waals surface area contributed by atoms with Gasteiger partial charge in [-0.15, -0.1) is 0 Å². The maximum absolute atomic E-state index is 14.2. The number of allylic oxidation sites excluding steroid dienone is 2. The Kier molecular flexibility index (Phi) is 7.10. The normalized spacial score (nSPS) is 12.1. The summed E-state index contributed by atoms with van der Waals surface area (Å²) >= 11 is 0. The van der Waals surface area contributed by atoms with Crippen molar-refractivity contribution in [3.63, 3.8) is 0 Å². The van der Waals surface area contributed by atoms with Crippen molar-refractivity contribution in [1.29, 1.82) is 0 Å². The lowest BCUT2D eigenvalue weighted by atomic mass is 9.79. The Labute approximate surface area is 180 Å². The Bertz CT molecular complexity index is 985. The number of ether oxygens (including phenoxy) is 1. The maximum atomic E-state index is 14.2. The molecule has 0 aliphatic heterocycles. The number of hydrogen-bond acceptors (Lipinski definition) is 1. The van der Waals surface area contributed by atoms with E-state index in [1.807, 2.05) is 42.5 Å². The summed E-state index contributed by atoms with van der Waals surface area (Å²) in [4.78, 5) is 0. The van der Waals surface area contributed by atoms with E-state index >= 15 is 0 Å². The largest absolute Gasteiger partial charge is 0.454 e. The van der Waals surface area contributed by atoms with E-state index in [1.165, 1.54) is 22.8 Å². The standard InChI is InChI=1S/C28H31FO/c1-5-21(2)23-14-16-24(17-15-23)28(3,4)19-9-10-22-13-18-26(29)27(20-22)30-25-11-7-6-8-12-25/h5-8,11-18,20H,9-10,19H2,1-4H3/b21-5-. The van der Waals surface area contributed by atoms with Crippen LogP contribution >= 0.6 is 0 Å². The lowest BCUT2D eigenvalue weighted by molar-refractivity contribution is 0.439. The summed E-state index contributed by atoms with van der Waals surface area (Å²) in [7, 11) is 0. The van der Waals surface area contributed by atoms with E-state index in [0.717, 1.165) is 24.8 Å². The molecule has 1 nitrogen and oxygen atoms in total. The van der Waals surface area contributed by atoms with Gasteiger partial charge in [-0.05, 0) is 85.1 Å². The molecule has 3 rings (SSSR count). The second kappa shape index (κ2) is 9.75. The smallest absolute Gasteiger partial charge is 0.165 e. The van der Waals surface area contributed by atoms with Crippen LogP contribution in [0, 0.1) is 5.82 Å². The number of halogens is 1. The lowest BCUT2D eigenvalue weighted by Gasteiger charge is -2.25. The van der Waals surface area contributed by atoms with Gasteiger partial charge >= 0.3 is 0 Å². The second-order valence-corrected chi connectivity index (χ2v) is 8.47. The Morgan fingerprint density at radius 1 is 0.967 bits per heavy atom. The quantitative estimate of drug-likeness (QED) is 0.368. The lowest BCUT2D eigenvalue weighted by Crippen LogP contribution is -2.17. The molecule has 0 spiro atoms. The highest BCUT2D eigenvalue weighted by Crippen LogP contribution is 2.31. The first-order valence-corrected chi connectivity index (χ1v) is 10.6. The van der Waals surface area contributed by atoms with Gasteiger partial charge in [0, 0.05) is 0 Å². The summed E-state index contributed by atoms with van der Waals surface area (Å²) < 4.78 is 19.9. The van der Waals surface area contributed by atoms with Crippen LogP contribution in [-0.2, 0) is 11.8 Å². The van der Waals surface area contributed by atoms with Crippen LogP contribution in [0.4, 0.5) is 4.39 Å². The molecule has 0 saturated carbocycles. The molecule has 0 saturated heterocycles. The molecule has 0 radical (unpaired) electrons. The fourth-order valence-electron chi connectivity index (χ4n) is 3.63. The van der Waals surface area contributed by atoms with Gasteiger partial charge in [0.2, 0.25) is 0 Å². The van der Waals surface area contributed by atoms with Gasteiger partial charge in [0.05, 0.1) is 0 Å². The predicted octanol–water partition coefficient (Wildman–Crippen LogP) is 8.34. The van der Waals surface area contributed by atoms with Gasteiger partial charge in [0.25, 0.3) is 0 Å². The average molecular weight is 403 g/mol. The van der Waals surface area contributed by atoms with Crippen molar-refractivity contribution >= 4 is 5.57 Å². The molecule has 0 unspecified atom stereocenters. The van der Waals surface area contributed by atoms with Crippen LogP contribution in [-0.4, -0.2) is 0 Å². The Morgan fingerprint density at radius 2 is 1.67 bits per heavy atom. The van der Waals surface area contributed by atoms with E-state index in [9.17, 15) is 4.39 Å². The summed E-state index contributed by atoms with van der Waals surface area (Å²) in [5.41, 5.74) is 5.10. The molecule has 0 amide bonds. The molecule has 0 atom stereocenters. The van der Waals surface area contributed by atoms with Crippen LogP contribution in [0.25, 0.3) is 5.57 Å². The first-order valence-electron chi connectivity index (χ1n) is 10.6. The van der Waals surface area contributed by atoms with Crippen molar-refractivity contribution in [2.24, 2.45) is 0 Å². The fourth-order valence-corrected chi connectivity index (χ4v) is 3.63. The molecule has 30 heavy (non-hydrogen) atoms. The Hall–Kier alpha value is -2.87. The van der Waals surface area contributed by atoms with Gasteiger partial charge in [-0.3, -0.25) is 0 Å². The molecular weight excluding hydrogens is 371 g/mol. The minimum Gasteiger partial charge on any atom is -0.454 e. The van der Waals surface area contributed by atoms with Crippen LogP contribution in [0.3, 0.4) is 0 Å². The SMILES string of the molecule is C/C=C(/C)c1ccc(C(C)(C)CCCc2ccc(F)c(Oc3ccccc3)c2)cc1. The number of benzene rings is 3. The van der Waals surface area contributed by atoms with Crippen molar-refractivity contribution in [2.45, 2.75) is 52.4 Å². The zero-order valence-corrected chi connectivity index (χ0v) is 18.4. The molecule has 156 valence electrons. The summed E-state index contributed by atoms with van der Waals surface area (Å²) in [6, 6.07) is 23.4. The molecule has 3 aromatic rings. The van der Waals surface area contributed by atoms with E-state index in [1.54, 1.807) is 0 Å². The summed E-state index contributed by atoms with van der Waals surface area (Å²) in [5.74, 6) is 0.596. The molecule has 2 heteroatoms. The first kappa shape index (κ1) is 21.8. The highest BCUT2D eigenvalue weighted by atomic mass is 19.1. The van der Waals surface area contributed by atoms with E-state index < -0.39 is 0 Å². The molecule has 0 heterocycles. The third kappa shape index (κ3) is 5.60. The minimum atomic E-state index is -0.334. The summed E-state index contributed by atoms with van der Waals surface area (Å²) in [5, 5.41) is 0. The third-order valence-corrected chi connectivity index (χ3v) is 5.79. The van der Waals surface area contributed by atoms with Crippen LogP contribution in [0.15, 0.2) is 78.9 Å². The van der Waals surface area contributed by atoms with E-state index in [-0.39, 0.29) is 17.0 Å². The number of rotatable bonds is 8. The summed E-state index contributed by atoms with van der Waals surface area (Å²) in [6.07, 6.45) is 5.11. The Balaban J connectivity index is 1.62. The predicted molar refractivity (Wildman–Crippen MR) is 125 cm³/mol. The van der Waals surface area contributed by atoms with Gasteiger partial charge in [-0.2, -0.15) is 0 Å². The van der Waals surface area contributed by atoms with E-state index in [2.05, 4.69) is 58.0 Å². The Morgan fingerprint density at radius 3 is 2.33 bits per heavy atom. The molecule has 0 aliphatic rings. The minimum absolute atomic E-state index is 0.0891. The molecule has 0 N–H and O–H groups in total. The van der Waals surface area contributed by atoms with Gasteiger partial charge in [-0.25, -0.2) is 4.39 Å². The van der Waals surface area contributed by atoms with Crippen molar-refractivity contribution < 1.29 is 9.13 Å². The number of hydrogen-bond donors (Lipinski definition) is 0. The van der Waals surface area contributed by atoms with Gasteiger partial charge < -0.3 is 4.74 Å². The van der Waals surface area contributed by atoms with Crippen LogP contribution in [0.2, 0.25) is 0 Å². The van der Waals surface area contributed by atoms with E-state index in [4.69, 9.17) is 4.74 Å². The third-order valence-electron chi connectivity index (χ3n) is 5.79. The number of para-hydroxylation sites is 1. The van der Waals surface area contributed by atoms with Crippen LogP contribution in [0.5, 0.6) is 11.5 Å². The zero-order chi connectivity index (χ0) is 21.6. The van der Waals surface area contributed by atoms with Crippen LogP contribution in [0.1, 0.15) is 57.2 Å². The van der Waals surface area contributed by atoms with Crippen molar-refractivity contribution in [2.75, 3.05) is 0 Å². The summed E-state index contributed by atoms with van der Waals surface area (Å²) in [6.45, 7) is 8.79. The van der Waals surface area contributed by atoms with Crippen molar-refractivity contribution in [3.8, 4) is 11.5 Å². The fraction of sp³-hybridized carbons (Fsp3) is 0.286. The van der Waals surface area contributed by atoms with Crippen molar-refractivity contribution in [1.82, 2.24) is 0 Å². The highest BCUT2D eigenvalue weighted by molar-refractivity contribution is 5.63. The molecule has 0 bridgehead atoms. The molecule has 0 aliphatic carbocycles. The van der Waals surface area contributed by atoms with Gasteiger partial charge in [0.1, 0.15) is 5.75 Å². The second-order valence-electron chi connectivity index (χ2n) is 8.47. The topological polar surface area (TPSA) is 9.23 Å². The van der Waals surface area contributed by atoms with Gasteiger partial charge in [-0.1, -0.05) is 68.5 Å². The molecular formula is C28H31FO. The number of aryl methyl sites for hydroxylation is 1. The zero-order valence-electron chi connectivity index (χ0n) is 18.4. The van der Waals surface area contributed by atoms with Crippen molar-refractivity contribution in [3.05, 3.63) is 101 Å². The first-order chi connectivity index (χ1) is 14.4. The molecule has 0 fully saturated rings. The highest BCUT2D eigenvalue weighted by Gasteiger charge is 2.20. The van der Waals surface area contributed by atoms with Gasteiger partial charge in [0.15, 0.2) is 11.6 Å². The van der Waals surface area contributed by atoms with E-state index in [0.29, 0.717) is 5.75 Å².